The van der Waals surface area contributed by atoms with Crippen LogP contribution in [0, 0.1) is 20.8 Å². The standard InChI is InChI=1S/C38H45N3O5S/c1-7-30(5)39-38(43)36(24-31-12-9-8-10-13-31)40(25-32-14-11-15-34(23-32)46-6)37(42)26-41(33-21-28(3)20-29(4)22-33)47(44,45)35-18-16-27(2)17-19-35/h8-23,30,36H,7,24-26H2,1-6H3,(H,39,43)/t30-,36-/m0/s1. The van der Waals surface area contributed by atoms with Gasteiger partial charge in [-0.2, -0.15) is 0 Å². The van der Waals surface area contributed by atoms with Crippen LogP contribution < -0.4 is 14.4 Å². The van der Waals surface area contributed by atoms with Crippen molar-refractivity contribution in [1.29, 1.82) is 0 Å². The molecule has 248 valence electrons. The first-order valence-electron chi connectivity index (χ1n) is 15.9. The number of nitrogens with one attached hydrogen (secondary N) is 1. The number of aryl methyl sites for hydroxylation is 3. The van der Waals surface area contributed by atoms with Gasteiger partial charge in [0, 0.05) is 19.0 Å². The SMILES string of the molecule is CC[C@H](C)NC(=O)[C@H](Cc1ccccc1)N(Cc1cccc(OC)c1)C(=O)CN(c1cc(C)cc(C)c1)S(=O)(=O)c1ccc(C)cc1. The highest BCUT2D eigenvalue weighted by Gasteiger charge is 2.35. The zero-order valence-electron chi connectivity index (χ0n) is 28.1. The third-order valence-electron chi connectivity index (χ3n) is 8.14. The molecule has 0 saturated heterocycles. The molecule has 0 saturated carbocycles. The molecule has 2 amide bonds. The molecule has 4 aromatic carbocycles. The summed E-state index contributed by atoms with van der Waals surface area (Å²) in [6, 6.07) is 27.8. The minimum Gasteiger partial charge on any atom is -0.497 e. The molecule has 4 rings (SSSR count). The van der Waals surface area contributed by atoms with Gasteiger partial charge in [0.1, 0.15) is 18.3 Å². The maximum absolute atomic E-state index is 14.7. The molecular formula is C38H45N3O5S. The molecule has 9 heteroatoms. The predicted molar refractivity (Wildman–Crippen MR) is 187 cm³/mol. The number of amides is 2. The lowest BCUT2D eigenvalue weighted by Crippen LogP contribution is -2.54. The van der Waals surface area contributed by atoms with E-state index in [1.165, 1.54) is 4.90 Å². The van der Waals surface area contributed by atoms with Crippen molar-refractivity contribution in [3.05, 3.63) is 125 Å². The second-order valence-electron chi connectivity index (χ2n) is 12.1. The van der Waals surface area contributed by atoms with Gasteiger partial charge in [-0.05, 0) is 92.8 Å². The van der Waals surface area contributed by atoms with Gasteiger partial charge in [-0.1, -0.05) is 73.2 Å². The van der Waals surface area contributed by atoms with Crippen molar-refractivity contribution in [3.63, 3.8) is 0 Å². The lowest BCUT2D eigenvalue weighted by atomic mass is 10.0. The smallest absolute Gasteiger partial charge is 0.264 e. The average molecular weight is 656 g/mol. The summed E-state index contributed by atoms with van der Waals surface area (Å²) in [6.07, 6.45) is 0.954. The molecule has 1 N–H and O–H groups in total. The Morgan fingerprint density at radius 3 is 2.06 bits per heavy atom. The van der Waals surface area contributed by atoms with E-state index in [4.69, 9.17) is 4.74 Å². The van der Waals surface area contributed by atoms with Gasteiger partial charge in [0.2, 0.25) is 11.8 Å². The second kappa shape index (κ2) is 15.8. The number of anilines is 1. The van der Waals surface area contributed by atoms with Crippen molar-refractivity contribution in [2.24, 2.45) is 0 Å². The molecule has 0 heterocycles. The molecule has 0 aliphatic heterocycles. The summed E-state index contributed by atoms with van der Waals surface area (Å²) < 4.78 is 35.2. The van der Waals surface area contributed by atoms with E-state index in [0.29, 0.717) is 17.9 Å². The van der Waals surface area contributed by atoms with Crippen LogP contribution in [0.15, 0.2) is 102 Å². The van der Waals surface area contributed by atoms with Gasteiger partial charge >= 0.3 is 0 Å². The summed E-state index contributed by atoms with van der Waals surface area (Å²) in [7, 11) is -2.61. The van der Waals surface area contributed by atoms with Crippen LogP contribution in [-0.2, 0) is 32.6 Å². The quantitative estimate of drug-likeness (QED) is 0.170. The molecule has 0 unspecified atom stereocenters. The number of nitrogens with zero attached hydrogens (tertiary/aromatic N) is 2. The summed E-state index contributed by atoms with van der Waals surface area (Å²) in [4.78, 5) is 30.3. The van der Waals surface area contributed by atoms with Crippen molar-refractivity contribution >= 4 is 27.5 Å². The van der Waals surface area contributed by atoms with Crippen molar-refractivity contribution in [1.82, 2.24) is 10.2 Å². The van der Waals surface area contributed by atoms with Crippen LogP contribution in [0.1, 0.15) is 48.1 Å². The third kappa shape index (κ3) is 9.23. The Balaban J connectivity index is 1.84. The molecule has 0 aromatic heterocycles. The van der Waals surface area contributed by atoms with Gasteiger partial charge < -0.3 is 15.0 Å². The Labute approximate surface area is 279 Å². The van der Waals surface area contributed by atoms with Gasteiger partial charge in [-0.25, -0.2) is 8.42 Å². The van der Waals surface area contributed by atoms with Gasteiger partial charge in [-0.15, -0.1) is 0 Å². The fraction of sp³-hybridized carbons (Fsp3) is 0.316. The zero-order chi connectivity index (χ0) is 34.1. The second-order valence-corrected chi connectivity index (χ2v) is 13.9. The number of carbonyl (C=O) groups excluding carboxylic acids is 2. The molecule has 2 atom stereocenters. The number of benzene rings is 4. The van der Waals surface area contributed by atoms with E-state index in [9.17, 15) is 18.0 Å². The number of ether oxygens (including phenoxy) is 1. The summed E-state index contributed by atoms with van der Waals surface area (Å²) >= 11 is 0. The van der Waals surface area contributed by atoms with E-state index >= 15 is 0 Å². The Morgan fingerprint density at radius 1 is 0.809 bits per heavy atom. The molecule has 0 aliphatic rings. The average Bonchev–Trinajstić information content (AvgIpc) is 3.05. The lowest BCUT2D eigenvalue weighted by Gasteiger charge is -2.34. The van der Waals surface area contributed by atoms with Crippen LogP contribution in [0.3, 0.4) is 0 Å². The summed E-state index contributed by atoms with van der Waals surface area (Å²) in [5, 5.41) is 3.07. The summed E-state index contributed by atoms with van der Waals surface area (Å²) in [5.74, 6) is -0.209. The van der Waals surface area contributed by atoms with E-state index in [1.54, 1.807) is 43.5 Å². The fourth-order valence-electron chi connectivity index (χ4n) is 5.42. The maximum atomic E-state index is 14.7. The van der Waals surface area contributed by atoms with Gasteiger partial charge in [0.05, 0.1) is 17.7 Å². The highest BCUT2D eigenvalue weighted by atomic mass is 32.2. The molecule has 0 aliphatic carbocycles. The van der Waals surface area contributed by atoms with Gasteiger partial charge in [0.15, 0.2) is 0 Å². The number of carbonyl (C=O) groups is 2. The number of hydrogen-bond donors (Lipinski definition) is 1. The largest absolute Gasteiger partial charge is 0.497 e. The van der Waals surface area contributed by atoms with E-state index < -0.39 is 28.5 Å². The van der Waals surface area contributed by atoms with Crippen LogP contribution in [0.25, 0.3) is 0 Å². The van der Waals surface area contributed by atoms with E-state index in [0.717, 1.165) is 32.1 Å². The Hall–Kier alpha value is -4.63. The first-order valence-corrected chi connectivity index (χ1v) is 17.3. The fourth-order valence-corrected chi connectivity index (χ4v) is 6.82. The van der Waals surface area contributed by atoms with Gasteiger partial charge in [-0.3, -0.25) is 13.9 Å². The first-order chi connectivity index (χ1) is 22.4. The predicted octanol–water partition coefficient (Wildman–Crippen LogP) is 6.37. The maximum Gasteiger partial charge on any atom is 0.264 e. The van der Waals surface area contributed by atoms with Crippen LogP contribution >= 0.6 is 0 Å². The molecule has 0 bridgehead atoms. The van der Waals surface area contributed by atoms with Crippen LogP contribution in [0.2, 0.25) is 0 Å². The summed E-state index contributed by atoms with van der Waals surface area (Å²) in [6.45, 7) is 9.11. The normalized spacial score (nSPS) is 12.6. The topological polar surface area (TPSA) is 96.0 Å². The van der Waals surface area contributed by atoms with Crippen molar-refractivity contribution < 1.29 is 22.7 Å². The van der Waals surface area contributed by atoms with Crippen molar-refractivity contribution in [2.45, 2.75) is 71.0 Å². The Bertz CT molecular complexity index is 1750. The van der Waals surface area contributed by atoms with Crippen LogP contribution in [0.4, 0.5) is 5.69 Å². The number of methoxy groups -OCH3 is 1. The molecule has 8 nitrogen and oxygen atoms in total. The van der Waals surface area contributed by atoms with Crippen molar-refractivity contribution in [2.75, 3.05) is 18.0 Å². The minimum absolute atomic E-state index is 0.0622. The molecular weight excluding hydrogens is 611 g/mol. The minimum atomic E-state index is -4.18. The lowest BCUT2D eigenvalue weighted by molar-refractivity contribution is -0.140. The van der Waals surface area contributed by atoms with Gasteiger partial charge in [0.25, 0.3) is 10.0 Å². The Morgan fingerprint density at radius 2 is 1.45 bits per heavy atom. The highest BCUT2D eigenvalue weighted by molar-refractivity contribution is 7.92. The van der Waals surface area contributed by atoms with Crippen molar-refractivity contribution in [3.8, 4) is 5.75 Å². The van der Waals surface area contributed by atoms with E-state index in [-0.39, 0.29) is 29.8 Å². The zero-order valence-corrected chi connectivity index (χ0v) is 28.9. The molecule has 4 aromatic rings. The molecule has 0 spiro atoms. The van der Waals surface area contributed by atoms with E-state index in [2.05, 4.69) is 5.32 Å². The molecule has 0 fully saturated rings. The third-order valence-corrected chi connectivity index (χ3v) is 9.93. The number of sulfonamides is 1. The van der Waals surface area contributed by atoms with Crippen LogP contribution in [-0.4, -0.2) is 50.9 Å². The van der Waals surface area contributed by atoms with E-state index in [1.807, 2.05) is 95.3 Å². The molecule has 47 heavy (non-hydrogen) atoms. The molecule has 0 radical (unpaired) electrons. The Kier molecular flexibility index (Phi) is 11.8. The first kappa shape index (κ1) is 35.2. The highest BCUT2D eigenvalue weighted by Crippen LogP contribution is 2.27. The number of hydrogen-bond acceptors (Lipinski definition) is 5. The summed E-state index contributed by atoms with van der Waals surface area (Å²) in [5.41, 5.74) is 4.63. The number of rotatable bonds is 14. The van der Waals surface area contributed by atoms with Crippen LogP contribution in [0.5, 0.6) is 5.75 Å². The monoisotopic (exact) mass is 655 g/mol.